The Morgan fingerprint density at radius 3 is 2.61 bits per heavy atom. The van der Waals surface area contributed by atoms with Crippen molar-refractivity contribution < 1.29 is 14.3 Å². The number of aldehydes is 1. The van der Waals surface area contributed by atoms with Gasteiger partial charge in [0.1, 0.15) is 12.3 Å². The highest BCUT2D eigenvalue weighted by atomic mass is 16.6. The summed E-state index contributed by atoms with van der Waals surface area (Å²) >= 11 is 0. The fourth-order valence-corrected chi connectivity index (χ4v) is 2.74. The molecule has 2 aromatic rings. The number of carbonyl (C=O) groups is 2. The fraction of sp³-hybridized carbons (Fsp3) is 0.353. The number of carbonyl (C=O) groups excluding carboxylic acids is 2. The summed E-state index contributed by atoms with van der Waals surface area (Å²) in [5, 5.41) is 4.21. The van der Waals surface area contributed by atoms with Crippen LogP contribution >= 0.6 is 0 Å². The number of piperidine rings is 1. The van der Waals surface area contributed by atoms with E-state index in [1.54, 1.807) is 11.0 Å². The molecule has 0 atom stereocenters. The van der Waals surface area contributed by atoms with Gasteiger partial charge in [-0.15, -0.1) is 0 Å². The maximum Gasteiger partial charge on any atom is 0.410 e. The number of hydrogen-bond donors (Lipinski definition) is 0. The van der Waals surface area contributed by atoms with Crippen molar-refractivity contribution in [3.63, 3.8) is 0 Å². The number of hydrogen-bond acceptors (Lipinski definition) is 4. The molecule has 0 bridgehead atoms. The highest BCUT2D eigenvalue weighted by molar-refractivity contribution is 5.71. The predicted octanol–water partition coefficient (Wildman–Crippen LogP) is 2.67. The number of ether oxygens (including phenoxy) is 1. The van der Waals surface area contributed by atoms with E-state index in [2.05, 4.69) is 5.10 Å². The monoisotopic (exact) mass is 313 g/mol. The molecule has 3 rings (SSSR count). The van der Waals surface area contributed by atoms with Crippen molar-refractivity contribution in [2.24, 2.45) is 0 Å². The van der Waals surface area contributed by atoms with Crippen LogP contribution in [0.3, 0.4) is 0 Å². The van der Waals surface area contributed by atoms with E-state index in [1.165, 1.54) is 0 Å². The number of aromatic nitrogens is 2. The number of rotatable bonds is 4. The number of likely N-dealkylation sites (tertiary alicyclic amines) is 1. The van der Waals surface area contributed by atoms with Gasteiger partial charge in [0.05, 0.1) is 6.04 Å². The van der Waals surface area contributed by atoms with Crippen LogP contribution in [0.25, 0.3) is 0 Å². The number of nitrogens with zero attached hydrogens (tertiary/aromatic N) is 3. The third kappa shape index (κ3) is 3.77. The van der Waals surface area contributed by atoms with Gasteiger partial charge >= 0.3 is 6.09 Å². The van der Waals surface area contributed by atoms with Crippen LogP contribution in [0, 0.1) is 0 Å². The molecule has 2 heterocycles. The second-order valence-corrected chi connectivity index (χ2v) is 5.60. The average Bonchev–Trinajstić information content (AvgIpc) is 3.10. The third-order valence-corrected chi connectivity index (χ3v) is 4.05. The van der Waals surface area contributed by atoms with Crippen LogP contribution in [0.15, 0.2) is 42.6 Å². The van der Waals surface area contributed by atoms with E-state index in [-0.39, 0.29) is 12.1 Å². The van der Waals surface area contributed by atoms with Crippen molar-refractivity contribution in [2.45, 2.75) is 25.5 Å². The number of benzene rings is 1. The molecule has 0 unspecified atom stereocenters. The molecule has 1 amide bonds. The van der Waals surface area contributed by atoms with Gasteiger partial charge in [-0.25, -0.2) is 4.79 Å². The summed E-state index contributed by atoms with van der Waals surface area (Å²) in [6.45, 7) is 1.56. The summed E-state index contributed by atoms with van der Waals surface area (Å²) in [5.41, 5.74) is 1.42. The Morgan fingerprint density at radius 2 is 1.96 bits per heavy atom. The summed E-state index contributed by atoms with van der Waals surface area (Å²) in [5.74, 6) is 0. The van der Waals surface area contributed by atoms with Crippen molar-refractivity contribution in [3.8, 4) is 0 Å². The van der Waals surface area contributed by atoms with Crippen LogP contribution in [-0.2, 0) is 11.3 Å². The standard InChI is InChI=1S/C17H19N3O3/c21-12-15-6-11-20(18-15)16-7-9-19(10-8-16)17(22)23-13-14-4-2-1-3-5-14/h1-6,11-12,16H,7-10,13H2. The van der Waals surface area contributed by atoms with Gasteiger partial charge in [0, 0.05) is 19.3 Å². The minimum Gasteiger partial charge on any atom is -0.445 e. The highest BCUT2D eigenvalue weighted by Gasteiger charge is 2.25. The molecular weight excluding hydrogens is 294 g/mol. The first kappa shape index (κ1) is 15.3. The van der Waals surface area contributed by atoms with Crippen LogP contribution in [-0.4, -0.2) is 40.1 Å². The zero-order valence-corrected chi connectivity index (χ0v) is 12.8. The topological polar surface area (TPSA) is 64.4 Å². The average molecular weight is 313 g/mol. The minimum absolute atomic E-state index is 0.224. The summed E-state index contributed by atoms with van der Waals surface area (Å²) in [7, 11) is 0. The Bertz CT molecular complexity index is 661. The van der Waals surface area contributed by atoms with Gasteiger partial charge in [0.2, 0.25) is 0 Å². The van der Waals surface area contributed by atoms with E-state index >= 15 is 0 Å². The van der Waals surface area contributed by atoms with E-state index in [4.69, 9.17) is 4.74 Å². The molecule has 0 radical (unpaired) electrons. The van der Waals surface area contributed by atoms with Crippen LogP contribution in [0.2, 0.25) is 0 Å². The molecule has 1 saturated heterocycles. The highest BCUT2D eigenvalue weighted by Crippen LogP contribution is 2.22. The molecule has 120 valence electrons. The minimum atomic E-state index is -0.277. The molecule has 0 spiro atoms. The molecular formula is C17H19N3O3. The van der Waals surface area contributed by atoms with Crippen LogP contribution < -0.4 is 0 Å². The molecule has 0 aliphatic carbocycles. The van der Waals surface area contributed by atoms with Gasteiger partial charge in [-0.1, -0.05) is 30.3 Å². The lowest BCUT2D eigenvalue weighted by Crippen LogP contribution is -2.39. The van der Waals surface area contributed by atoms with E-state index in [0.29, 0.717) is 25.4 Å². The van der Waals surface area contributed by atoms with Crippen molar-refractivity contribution in [1.82, 2.24) is 14.7 Å². The summed E-state index contributed by atoms with van der Waals surface area (Å²) in [6, 6.07) is 11.6. The lowest BCUT2D eigenvalue weighted by molar-refractivity contribution is 0.0821. The lowest BCUT2D eigenvalue weighted by atomic mass is 10.1. The maximum atomic E-state index is 12.1. The van der Waals surface area contributed by atoms with Crippen LogP contribution in [0.1, 0.15) is 34.9 Å². The quantitative estimate of drug-likeness (QED) is 0.814. The molecule has 0 saturated carbocycles. The number of amides is 1. The smallest absolute Gasteiger partial charge is 0.410 e. The summed E-state index contributed by atoms with van der Waals surface area (Å²) in [4.78, 5) is 24.5. The normalized spacial score (nSPS) is 15.4. The van der Waals surface area contributed by atoms with Crippen molar-refractivity contribution in [3.05, 3.63) is 53.9 Å². The molecule has 23 heavy (non-hydrogen) atoms. The van der Waals surface area contributed by atoms with E-state index < -0.39 is 0 Å². The second kappa shape index (κ2) is 7.09. The van der Waals surface area contributed by atoms with Gasteiger partial charge < -0.3 is 9.64 Å². The Kier molecular flexibility index (Phi) is 4.71. The Labute approximate surface area is 134 Å². The second-order valence-electron chi connectivity index (χ2n) is 5.60. The summed E-state index contributed by atoms with van der Waals surface area (Å²) in [6.07, 6.45) is 3.90. The first-order valence-electron chi connectivity index (χ1n) is 7.72. The first-order valence-corrected chi connectivity index (χ1v) is 7.72. The molecule has 1 aliphatic rings. The fourth-order valence-electron chi connectivity index (χ4n) is 2.74. The molecule has 1 fully saturated rings. The lowest BCUT2D eigenvalue weighted by Gasteiger charge is -2.31. The van der Waals surface area contributed by atoms with E-state index in [0.717, 1.165) is 24.7 Å². The Morgan fingerprint density at radius 1 is 1.22 bits per heavy atom. The first-order chi connectivity index (χ1) is 11.3. The predicted molar refractivity (Wildman–Crippen MR) is 84.1 cm³/mol. The molecule has 1 aliphatic heterocycles. The Balaban J connectivity index is 1.48. The Hall–Kier alpha value is -2.63. The molecule has 6 nitrogen and oxygen atoms in total. The van der Waals surface area contributed by atoms with Crippen molar-refractivity contribution in [2.75, 3.05) is 13.1 Å². The zero-order chi connectivity index (χ0) is 16.1. The van der Waals surface area contributed by atoms with Gasteiger partial charge in [-0.05, 0) is 24.5 Å². The van der Waals surface area contributed by atoms with Gasteiger partial charge in [0.25, 0.3) is 0 Å². The van der Waals surface area contributed by atoms with Crippen LogP contribution in [0.5, 0.6) is 0 Å². The van der Waals surface area contributed by atoms with Crippen molar-refractivity contribution in [1.29, 1.82) is 0 Å². The summed E-state index contributed by atoms with van der Waals surface area (Å²) < 4.78 is 7.16. The van der Waals surface area contributed by atoms with E-state index in [1.807, 2.05) is 41.2 Å². The SMILES string of the molecule is O=Cc1ccn(C2CCN(C(=O)OCc3ccccc3)CC2)n1. The largest absolute Gasteiger partial charge is 0.445 e. The molecule has 6 heteroatoms. The van der Waals surface area contributed by atoms with Gasteiger partial charge in [-0.3, -0.25) is 9.48 Å². The molecule has 1 aromatic carbocycles. The van der Waals surface area contributed by atoms with Gasteiger partial charge in [-0.2, -0.15) is 5.10 Å². The zero-order valence-electron chi connectivity index (χ0n) is 12.8. The third-order valence-electron chi connectivity index (χ3n) is 4.05. The van der Waals surface area contributed by atoms with Crippen LogP contribution in [0.4, 0.5) is 4.79 Å². The van der Waals surface area contributed by atoms with Crippen molar-refractivity contribution >= 4 is 12.4 Å². The molecule has 1 aromatic heterocycles. The maximum absolute atomic E-state index is 12.1. The molecule has 0 N–H and O–H groups in total. The van der Waals surface area contributed by atoms with Gasteiger partial charge in [0.15, 0.2) is 6.29 Å². The van der Waals surface area contributed by atoms with E-state index in [9.17, 15) is 9.59 Å².